The quantitative estimate of drug-likeness (QED) is 0.496. The summed E-state index contributed by atoms with van der Waals surface area (Å²) in [6.07, 6.45) is 1.78. The number of hydrogen-bond acceptors (Lipinski definition) is 4. The van der Waals surface area contributed by atoms with E-state index in [2.05, 4.69) is 5.32 Å². The van der Waals surface area contributed by atoms with E-state index in [4.69, 9.17) is 0 Å². The molecule has 2 rings (SSSR count). The zero-order valence-corrected chi connectivity index (χ0v) is 13.0. The van der Waals surface area contributed by atoms with E-state index in [0.717, 1.165) is 18.4 Å². The lowest BCUT2D eigenvalue weighted by molar-refractivity contribution is 0.121. The number of aliphatic hydroxyl groups is 1. The van der Waals surface area contributed by atoms with Crippen LogP contribution >= 0.6 is 17.0 Å². The van der Waals surface area contributed by atoms with Gasteiger partial charge in [0.05, 0.1) is 6.10 Å². The molecule has 0 radical (unpaired) electrons. The van der Waals surface area contributed by atoms with Crippen LogP contribution in [-0.4, -0.2) is 27.4 Å². The van der Waals surface area contributed by atoms with E-state index in [0.29, 0.717) is 18.0 Å². The maximum absolute atomic E-state index is 10.4. The number of aromatic hydroxyl groups is 2. The third-order valence-electron chi connectivity index (χ3n) is 3.49. The predicted octanol–water partition coefficient (Wildman–Crippen LogP) is 2.41. The van der Waals surface area contributed by atoms with Gasteiger partial charge in [-0.25, -0.2) is 0 Å². The topological polar surface area (TPSA) is 72.7 Å². The first-order valence-electron chi connectivity index (χ1n) is 6.48. The molecule has 0 saturated carbocycles. The molecule has 0 aromatic heterocycles. The second kappa shape index (κ2) is 6.59. The van der Waals surface area contributed by atoms with Gasteiger partial charge in [0.1, 0.15) is 0 Å². The first-order valence-corrected chi connectivity index (χ1v) is 6.48. The number of rotatable bonds is 2. The Morgan fingerprint density at radius 3 is 2.58 bits per heavy atom. The minimum absolute atomic E-state index is 0. The Morgan fingerprint density at radius 1 is 1.26 bits per heavy atom. The molecule has 2 atom stereocenters. The molecule has 5 heteroatoms. The number of hydrogen-bond donors (Lipinski definition) is 4. The lowest BCUT2D eigenvalue weighted by Gasteiger charge is -2.25. The fourth-order valence-electron chi connectivity index (χ4n) is 2.66. The number of aliphatic hydroxyl groups excluding tert-OH is 1. The van der Waals surface area contributed by atoms with Crippen molar-refractivity contribution >= 4 is 17.0 Å². The monoisotopic (exact) mass is 331 g/mol. The van der Waals surface area contributed by atoms with E-state index in [1.165, 1.54) is 6.07 Å². The van der Waals surface area contributed by atoms with Gasteiger partial charge in [-0.2, -0.15) is 0 Å². The van der Waals surface area contributed by atoms with Gasteiger partial charge in [-0.3, -0.25) is 0 Å². The van der Waals surface area contributed by atoms with Gasteiger partial charge >= 0.3 is 0 Å². The molecule has 0 bridgehead atoms. The van der Waals surface area contributed by atoms with Crippen LogP contribution in [0.1, 0.15) is 43.9 Å². The van der Waals surface area contributed by atoms with E-state index in [1.54, 1.807) is 6.07 Å². The van der Waals surface area contributed by atoms with Crippen LogP contribution in [0.2, 0.25) is 0 Å². The number of benzene rings is 1. The second-order valence-electron chi connectivity index (χ2n) is 5.27. The molecule has 0 aliphatic heterocycles. The summed E-state index contributed by atoms with van der Waals surface area (Å²) >= 11 is 0. The van der Waals surface area contributed by atoms with Crippen LogP contribution in [0.15, 0.2) is 12.1 Å². The smallest absolute Gasteiger partial charge is 0.161 e. The summed E-state index contributed by atoms with van der Waals surface area (Å²) in [6, 6.07) is 3.44. The molecule has 1 aromatic carbocycles. The van der Waals surface area contributed by atoms with Gasteiger partial charge in [-0.1, -0.05) is 19.9 Å². The first kappa shape index (κ1) is 16.3. The Bertz CT molecular complexity index is 437. The van der Waals surface area contributed by atoms with Crippen molar-refractivity contribution in [3.63, 3.8) is 0 Å². The summed E-state index contributed by atoms with van der Waals surface area (Å²) in [4.78, 5) is 0. The second-order valence-corrected chi connectivity index (χ2v) is 5.27. The van der Waals surface area contributed by atoms with Crippen molar-refractivity contribution in [1.82, 2.24) is 5.32 Å². The van der Waals surface area contributed by atoms with Gasteiger partial charge in [-0.15, -0.1) is 17.0 Å². The van der Waals surface area contributed by atoms with Crippen molar-refractivity contribution in [2.75, 3.05) is 0 Å². The number of halogens is 1. The normalized spacial score (nSPS) is 22.5. The molecule has 0 spiro atoms. The summed E-state index contributed by atoms with van der Waals surface area (Å²) in [5, 5.41) is 33.2. The molecule has 1 aliphatic carbocycles. The molecule has 4 N–H and O–H groups in total. The molecule has 0 amide bonds. The first-order chi connectivity index (χ1) is 8.50. The fourth-order valence-corrected chi connectivity index (χ4v) is 2.66. The van der Waals surface area contributed by atoms with Gasteiger partial charge in [0, 0.05) is 17.6 Å². The average Bonchev–Trinajstić information content (AvgIpc) is 2.45. The van der Waals surface area contributed by atoms with Crippen LogP contribution in [0.25, 0.3) is 0 Å². The van der Waals surface area contributed by atoms with Gasteiger partial charge in [-0.05, 0) is 30.9 Å². The van der Waals surface area contributed by atoms with E-state index in [-0.39, 0.29) is 34.5 Å². The van der Waals surface area contributed by atoms with E-state index >= 15 is 0 Å². The summed E-state index contributed by atoms with van der Waals surface area (Å²) in [7, 11) is 0. The van der Waals surface area contributed by atoms with Crippen LogP contribution in [0.3, 0.4) is 0 Å². The van der Waals surface area contributed by atoms with E-state index < -0.39 is 6.10 Å². The van der Waals surface area contributed by atoms with Crippen LogP contribution < -0.4 is 5.32 Å². The van der Waals surface area contributed by atoms with E-state index in [9.17, 15) is 15.3 Å². The molecule has 4 nitrogen and oxygen atoms in total. The SMILES string of the molecule is Br.CC(C)NC1CCCc2c(ccc(O)c2O)C1O. The maximum Gasteiger partial charge on any atom is 0.161 e. The predicted molar refractivity (Wildman–Crippen MR) is 80.1 cm³/mol. The highest BCUT2D eigenvalue weighted by atomic mass is 79.9. The third kappa shape index (κ3) is 3.41. The highest BCUT2D eigenvalue weighted by Crippen LogP contribution is 2.38. The van der Waals surface area contributed by atoms with Gasteiger partial charge in [0.25, 0.3) is 0 Å². The van der Waals surface area contributed by atoms with Crippen molar-refractivity contribution in [1.29, 1.82) is 0 Å². The van der Waals surface area contributed by atoms with Crippen molar-refractivity contribution in [2.24, 2.45) is 0 Å². The van der Waals surface area contributed by atoms with Gasteiger partial charge < -0.3 is 20.6 Å². The number of nitrogens with one attached hydrogen (secondary N) is 1. The number of fused-ring (bicyclic) bond motifs is 1. The minimum Gasteiger partial charge on any atom is -0.504 e. The highest BCUT2D eigenvalue weighted by molar-refractivity contribution is 8.93. The lowest BCUT2D eigenvalue weighted by Crippen LogP contribution is -2.38. The Hall–Kier alpha value is -0.780. The molecule has 2 unspecified atom stereocenters. The largest absolute Gasteiger partial charge is 0.504 e. The lowest BCUT2D eigenvalue weighted by atomic mass is 9.97. The van der Waals surface area contributed by atoms with Crippen LogP contribution in [0.5, 0.6) is 11.5 Å². The molecular formula is C14H22BrNO3. The zero-order chi connectivity index (χ0) is 13.3. The standard InChI is InChI=1S/C14H21NO3.BrH/c1-8(2)15-11-5-3-4-9-10(13(11)17)6-7-12(16)14(9)18;/h6-8,11,13,15-18H,3-5H2,1-2H3;1H. The summed E-state index contributed by atoms with van der Waals surface area (Å²) < 4.78 is 0. The Balaban J connectivity index is 0.00000180. The maximum atomic E-state index is 10.4. The third-order valence-corrected chi connectivity index (χ3v) is 3.49. The fraction of sp³-hybridized carbons (Fsp3) is 0.571. The van der Waals surface area contributed by atoms with Crippen molar-refractivity contribution in [2.45, 2.75) is 51.3 Å². The van der Waals surface area contributed by atoms with E-state index in [1.807, 2.05) is 13.8 Å². The summed E-state index contributed by atoms with van der Waals surface area (Å²) in [5.74, 6) is -0.201. The number of phenolic OH excluding ortho intramolecular Hbond substituents is 2. The molecule has 0 heterocycles. The zero-order valence-electron chi connectivity index (χ0n) is 11.3. The minimum atomic E-state index is -0.642. The van der Waals surface area contributed by atoms with Crippen molar-refractivity contribution < 1.29 is 15.3 Å². The molecule has 108 valence electrons. The Kier molecular flexibility index (Phi) is 5.64. The van der Waals surface area contributed by atoms with Crippen molar-refractivity contribution in [3.05, 3.63) is 23.3 Å². The molecule has 0 saturated heterocycles. The molecule has 1 aromatic rings. The van der Waals surface area contributed by atoms with Crippen LogP contribution in [0, 0.1) is 0 Å². The summed E-state index contributed by atoms with van der Waals surface area (Å²) in [5.41, 5.74) is 1.40. The molecule has 19 heavy (non-hydrogen) atoms. The van der Waals surface area contributed by atoms with Crippen molar-refractivity contribution in [3.8, 4) is 11.5 Å². The number of phenols is 2. The summed E-state index contributed by atoms with van der Waals surface area (Å²) in [6.45, 7) is 4.10. The van der Waals surface area contributed by atoms with Gasteiger partial charge in [0.15, 0.2) is 11.5 Å². The molecule has 1 aliphatic rings. The van der Waals surface area contributed by atoms with Crippen LogP contribution in [-0.2, 0) is 6.42 Å². The van der Waals surface area contributed by atoms with Crippen LogP contribution in [0.4, 0.5) is 0 Å². The molecule has 0 fully saturated rings. The van der Waals surface area contributed by atoms with Gasteiger partial charge in [0.2, 0.25) is 0 Å². The molecular weight excluding hydrogens is 310 g/mol. The highest BCUT2D eigenvalue weighted by Gasteiger charge is 2.28. The Morgan fingerprint density at radius 2 is 1.95 bits per heavy atom. The average molecular weight is 332 g/mol. The Labute approximate surface area is 124 Å².